The first-order valence-corrected chi connectivity index (χ1v) is 8.08. The van der Waals surface area contributed by atoms with E-state index in [1.165, 1.54) is 11.3 Å². The molecule has 0 aliphatic rings. The summed E-state index contributed by atoms with van der Waals surface area (Å²) in [6.45, 7) is 2.84. The molecule has 0 aliphatic heterocycles. The second-order valence-electron chi connectivity index (χ2n) is 3.31. The lowest BCUT2D eigenvalue weighted by molar-refractivity contribution is 0.578. The first-order chi connectivity index (χ1) is 7.51. The minimum absolute atomic E-state index is 0.286. The Morgan fingerprint density at radius 1 is 1.56 bits per heavy atom. The minimum atomic E-state index is -3.39. The molecule has 0 amide bonds. The molecule has 0 bridgehead atoms. The molecule has 1 aromatic heterocycles. The van der Waals surface area contributed by atoms with E-state index in [1.807, 2.05) is 6.92 Å². The van der Waals surface area contributed by atoms with E-state index in [0.29, 0.717) is 16.9 Å². The fraction of sp³-hybridized carbons (Fsp3) is 0.556. The average molecular weight is 327 g/mol. The maximum atomic E-state index is 11.9. The summed E-state index contributed by atoms with van der Waals surface area (Å²) in [5, 5.41) is 0. The molecule has 92 valence electrons. The molecule has 0 saturated heterocycles. The Kier molecular flexibility index (Phi) is 5.39. The van der Waals surface area contributed by atoms with Crippen molar-refractivity contribution in [2.45, 2.75) is 31.2 Å². The van der Waals surface area contributed by atoms with Crippen LogP contribution in [-0.4, -0.2) is 15.0 Å². The summed E-state index contributed by atoms with van der Waals surface area (Å²) in [4.78, 5) is 1.14. The van der Waals surface area contributed by atoms with Gasteiger partial charge in [0, 0.05) is 18.0 Å². The number of rotatable bonds is 6. The zero-order chi connectivity index (χ0) is 12.2. The predicted molar refractivity (Wildman–Crippen MR) is 70.0 cm³/mol. The van der Waals surface area contributed by atoms with E-state index in [0.717, 1.165) is 17.7 Å². The third-order valence-electron chi connectivity index (χ3n) is 2.02. The third kappa shape index (κ3) is 3.53. The van der Waals surface area contributed by atoms with Crippen molar-refractivity contribution in [1.29, 1.82) is 0 Å². The van der Waals surface area contributed by atoms with Crippen LogP contribution >= 0.6 is 27.3 Å². The van der Waals surface area contributed by atoms with E-state index in [1.54, 1.807) is 6.07 Å². The molecule has 1 heterocycles. The van der Waals surface area contributed by atoms with Crippen molar-refractivity contribution in [1.82, 2.24) is 4.72 Å². The Balaban J connectivity index is 2.85. The van der Waals surface area contributed by atoms with Gasteiger partial charge in [-0.1, -0.05) is 13.3 Å². The summed E-state index contributed by atoms with van der Waals surface area (Å²) in [6.07, 6.45) is 1.80. The molecule has 4 nitrogen and oxygen atoms in total. The van der Waals surface area contributed by atoms with Gasteiger partial charge < -0.3 is 5.73 Å². The zero-order valence-electron chi connectivity index (χ0n) is 8.99. The van der Waals surface area contributed by atoms with Crippen LogP contribution in [0.1, 0.15) is 24.6 Å². The molecule has 0 atom stereocenters. The molecule has 3 N–H and O–H groups in total. The van der Waals surface area contributed by atoms with Crippen LogP contribution in [0, 0.1) is 0 Å². The Bertz CT molecular complexity index is 442. The number of hydrogen-bond donors (Lipinski definition) is 2. The molecule has 0 radical (unpaired) electrons. The van der Waals surface area contributed by atoms with Gasteiger partial charge in [-0.2, -0.15) is 0 Å². The highest BCUT2D eigenvalue weighted by Gasteiger charge is 2.19. The minimum Gasteiger partial charge on any atom is -0.326 e. The van der Waals surface area contributed by atoms with Crippen molar-refractivity contribution in [3.8, 4) is 0 Å². The van der Waals surface area contributed by atoms with E-state index >= 15 is 0 Å². The van der Waals surface area contributed by atoms with E-state index in [4.69, 9.17) is 5.73 Å². The van der Waals surface area contributed by atoms with Crippen LogP contribution in [0.5, 0.6) is 0 Å². The van der Waals surface area contributed by atoms with Crippen molar-refractivity contribution in [3.63, 3.8) is 0 Å². The summed E-state index contributed by atoms with van der Waals surface area (Å²) in [5.41, 5.74) is 5.47. The highest BCUT2D eigenvalue weighted by molar-refractivity contribution is 9.11. The number of halogens is 1. The Hall–Kier alpha value is 0.0500. The molecule has 0 spiro atoms. The average Bonchev–Trinajstić information content (AvgIpc) is 2.60. The molecule has 7 heteroatoms. The van der Waals surface area contributed by atoms with Gasteiger partial charge in [-0.25, -0.2) is 13.1 Å². The van der Waals surface area contributed by atoms with Gasteiger partial charge in [-0.15, -0.1) is 11.3 Å². The van der Waals surface area contributed by atoms with Gasteiger partial charge in [-0.05, 0) is 28.4 Å². The number of nitrogens with two attached hydrogens (primary N) is 1. The highest BCUT2D eigenvalue weighted by Crippen LogP contribution is 2.31. The van der Waals surface area contributed by atoms with Crippen LogP contribution in [-0.2, 0) is 16.6 Å². The van der Waals surface area contributed by atoms with Crippen LogP contribution in [0.25, 0.3) is 0 Å². The lowest BCUT2D eigenvalue weighted by Crippen LogP contribution is -2.24. The number of sulfonamides is 1. The first kappa shape index (κ1) is 14.1. The predicted octanol–water partition coefficient (Wildman–Crippen LogP) is 2.05. The number of thiophene rings is 1. The van der Waals surface area contributed by atoms with Crippen LogP contribution < -0.4 is 10.5 Å². The molecular weight excluding hydrogens is 312 g/mol. The molecule has 0 saturated carbocycles. The Morgan fingerprint density at radius 2 is 2.25 bits per heavy atom. The number of hydrogen-bond acceptors (Lipinski definition) is 4. The van der Waals surface area contributed by atoms with Crippen molar-refractivity contribution in [3.05, 3.63) is 14.7 Å². The second kappa shape index (κ2) is 6.11. The van der Waals surface area contributed by atoms with E-state index in [9.17, 15) is 8.42 Å². The quantitative estimate of drug-likeness (QED) is 0.786. The topological polar surface area (TPSA) is 72.2 Å². The maximum absolute atomic E-state index is 11.9. The summed E-state index contributed by atoms with van der Waals surface area (Å²) in [5.74, 6) is 0. The van der Waals surface area contributed by atoms with Gasteiger partial charge in [-0.3, -0.25) is 0 Å². The first-order valence-electron chi connectivity index (χ1n) is 4.99. The third-order valence-corrected chi connectivity index (χ3v) is 5.76. The molecule has 0 fully saturated rings. The zero-order valence-corrected chi connectivity index (χ0v) is 12.2. The summed E-state index contributed by atoms with van der Waals surface area (Å²) < 4.78 is 26.9. The standard InChI is InChI=1S/C9H15BrN2O2S2/c1-2-3-4-12-16(13,14)8-5-7(6-11)15-9(8)10/h5,12H,2-4,6,11H2,1H3. The van der Waals surface area contributed by atoms with Crippen LogP contribution in [0.3, 0.4) is 0 Å². The monoisotopic (exact) mass is 326 g/mol. The fourth-order valence-electron chi connectivity index (χ4n) is 1.14. The van der Waals surface area contributed by atoms with E-state index < -0.39 is 10.0 Å². The maximum Gasteiger partial charge on any atom is 0.242 e. The van der Waals surface area contributed by atoms with Gasteiger partial charge in [0.15, 0.2) is 0 Å². The number of unbranched alkanes of at least 4 members (excludes halogenated alkanes) is 1. The largest absolute Gasteiger partial charge is 0.326 e. The molecule has 0 aromatic carbocycles. The SMILES string of the molecule is CCCCNS(=O)(=O)c1cc(CN)sc1Br. The fourth-order valence-corrected chi connectivity index (χ4v) is 4.78. The van der Waals surface area contributed by atoms with Crippen molar-refractivity contribution >= 4 is 37.3 Å². The van der Waals surface area contributed by atoms with E-state index in [2.05, 4.69) is 20.7 Å². The molecule has 1 rings (SSSR count). The molecule has 16 heavy (non-hydrogen) atoms. The van der Waals surface area contributed by atoms with Gasteiger partial charge in [0.25, 0.3) is 0 Å². The normalized spacial score (nSPS) is 11.9. The van der Waals surface area contributed by atoms with Crippen molar-refractivity contribution < 1.29 is 8.42 Å². The Morgan fingerprint density at radius 3 is 2.75 bits per heavy atom. The Labute approximate surface area is 108 Å². The van der Waals surface area contributed by atoms with E-state index in [-0.39, 0.29) is 4.90 Å². The van der Waals surface area contributed by atoms with Crippen LogP contribution in [0.4, 0.5) is 0 Å². The second-order valence-corrected chi connectivity index (χ2v) is 7.50. The van der Waals surface area contributed by atoms with Crippen LogP contribution in [0.2, 0.25) is 0 Å². The lowest BCUT2D eigenvalue weighted by Gasteiger charge is -2.04. The molecule has 1 aromatic rings. The van der Waals surface area contributed by atoms with Gasteiger partial charge >= 0.3 is 0 Å². The van der Waals surface area contributed by atoms with Crippen molar-refractivity contribution in [2.24, 2.45) is 5.73 Å². The molecule has 0 aliphatic carbocycles. The summed E-state index contributed by atoms with van der Waals surface area (Å²) >= 11 is 4.60. The van der Waals surface area contributed by atoms with Crippen LogP contribution in [0.15, 0.2) is 14.7 Å². The number of nitrogens with one attached hydrogen (secondary N) is 1. The summed E-state index contributed by atoms with van der Waals surface area (Å²) in [6, 6.07) is 1.61. The van der Waals surface area contributed by atoms with Gasteiger partial charge in [0.2, 0.25) is 10.0 Å². The summed E-state index contributed by atoms with van der Waals surface area (Å²) in [7, 11) is -3.39. The lowest BCUT2D eigenvalue weighted by atomic mass is 10.3. The smallest absolute Gasteiger partial charge is 0.242 e. The molecular formula is C9H15BrN2O2S2. The van der Waals surface area contributed by atoms with Gasteiger partial charge in [0.05, 0.1) is 3.79 Å². The highest BCUT2D eigenvalue weighted by atomic mass is 79.9. The van der Waals surface area contributed by atoms with Crippen molar-refractivity contribution in [2.75, 3.05) is 6.54 Å². The molecule has 0 unspecified atom stereocenters. The van der Waals surface area contributed by atoms with Gasteiger partial charge in [0.1, 0.15) is 4.90 Å².